The van der Waals surface area contributed by atoms with Crippen molar-refractivity contribution in [2.45, 2.75) is 30.7 Å². The first kappa shape index (κ1) is 20.8. The number of ether oxygens (including phenoxy) is 2. The van der Waals surface area contributed by atoms with Crippen LogP contribution in [-0.4, -0.2) is 57.7 Å². The Morgan fingerprint density at radius 3 is 2.43 bits per heavy atom. The highest BCUT2D eigenvalue weighted by Gasteiger charge is 2.44. The third-order valence-corrected chi connectivity index (χ3v) is 5.25. The summed E-state index contributed by atoms with van der Waals surface area (Å²) < 4.78 is 16.5. The number of benzene rings is 2. The Morgan fingerprint density at radius 2 is 1.73 bits per heavy atom. The van der Waals surface area contributed by atoms with Crippen LogP contribution in [0.15, 0.2) is 57.9 Å². The predicted octanol–water partition coefficient (Wildman–Crippen LogP) is 1.29. The SMILES string of the molecule is O=c1c(-c2ccc(Cl)cc2)coc2cc(O[C@H]3O[C@H](CO)[C@@H](O)[C@H](O)[C@H]3O)ccc12. The van der Waals surface area contributed by atoms with E-state index in [9.17, 15) is 25.2 Å². The zero-order valence-electron chi connectivity index (χ0n) is 15.5. The van der Waals surface area contributed by atoms with Gasteiger partial charge in [-0.15, -0.1) is 0 Å². The lowest BCUT2D eigenvalue weighted by Crippen LogP contribution is -2.60. The van der Waals surface area contributed by atoms with E-state index < -0.39 is 37.3 Å². The van der Waals surface area contributed by atoms with Crippen molar-refractivity contribution in [2.75, 3.05) is 6.61 Å². The number of halogens is 1. The summed E-state index contributed by atoms with van der Waals surface area (Å²) in [5.41, 5.74) is 1.05. The maximum atomic E-state index is 12.8. The molecule has 0 saturated carbocycles. The Bertz CT molecular complexity index is 1090. The molecule has 1 fully saturated rings. The molecule has 0 aliphatic carbocycles. The molecule has 9 heteroatoms. The molecular formula is C21H19ClO8. The average Bonchev–Trinajstić information content (AvgIpc) is 2.75. The summed E-state index contributed by atoms with van der Waals surface area (Å²) in [4.78, 5) is 12.8. The molecule has 1 aromatic heterocycles. The second kappa shape index (κ2) is 8.35. The number of fused-ring (bicyclic) bond motifs is 1. The van der Waals surface area contributed by atoms with E-state index in [0.29, 0.717) is 21.5 Å². The van der Waals surface area contributed by atoms with Gasteiger partial charge < -0.3 is 34.3 Å². The normalized spacial score (nSPS) is 26.6. The number of hydrogen-bond donors (Lipinski definition) is 4. The van der Waals surface area contributed by atoms with Gasteiger partial charge in [-0.3, -0.25) is 4.79 Å². The largest absolute Gasteiger partial charge is 0.463 e. The molecule has 2 heterocycles. The maximum Gasteiger partial charge on any atom is 0.229 e. The molecule has 0 unspecified atom stereocenters. The van der Waals surface area contributed by atoms with Crippen molar-refractivity contribution in [3.05, 3.63) is 64.0 Å². The van der Waals surface area contributed by atoms with Crippen LogP contribution in [0, 0.1) is 0 Å². The minimum atomic E-state index is -1.55. The van der Waals surface area contributed by atoms with E-state index in [2.05, 4.69) is 0 Å². The van der Waals surface area contributed by atoms with E-state index >= 15 is 0 Å². The Morgan fingerprint density at radius 1 is 1.00 bits per heavy atom. The summed E-state index contributed by atoms with van der Waals surface area (Å²) >= 11 is 5.89. The van der Waals surface area contributed by atoms with Crippen LogP contribution in [0.25, 0.3) is 22.1 Å². The molecule has 8 nitrogen and oxygen atoms in total. The van der Waals surface area contributed by atoms with Crippen molar-refractivity contribution in [1.29, 1.82) is 0 Å². The van der Waals surface area contributed by atoms with Crippen molar-refractivity contribution in [3.63, 3.8) is 0 Å². The van der Waals surface area contributed by atoms with Crippen LogP contribution in [0.4, 0.5) is 0 Å². The molecule has 1 aliphatic heterocycles. The van der Waals surface area contributed by atoms with E-state index in [1.807, 2.05) is 0 Å². The minimum absolute atomic E-state index is 0.203. The number of aliphatic hydroxyl groups excluding tert-OH is 4. The van der Waals surface area contributed by atoms with Crippen LogP contribution in [0.5, 0.6) is 5.75 Å². The van der Waals surface area contributed by atoms with Crippen LogP contribution < -0.4 is 10.2 Å². The molecule has 4 rings (SSSR count). The summed E-state index contributed by atoms with van der Waals surface area (Å²) in [6, 6.07) is 11.3. The van der Waals surface area contributed by atoms with E-state index in [1.54, 1.807) is 24.3 Å². The number of hydrogen-bond acceptors (Lipinski definition) is 8. The molecule has 30 heavy (non-hydrogen) atoms. The fraction of sp³-hybridized carbons (Fsp3) is 0.286. The highest BCUT2D eigenvalue weighted by Crippen LogP contribution is 2.27. The summed E-state index contributed by atoms with van der Waals surface area (Å²) in [5, 5.41) is 40.0. The Labute approximate surface area is 175 Å². The van der Waals surface area contributed by atoms with Crippen LogP contribution in [-0.2, 0) is 4.74 Å². The Balaban J connectivity index is 1.62. The van der Waals surface area contributed by atoms with Crippen molar-refractivity contribution in [2.24, 2.45) is 0 Å². The average molecular weight is 435 g/mol. The van der Waals surface area contributed by atoms with Crippen molar-refractivity contribution >= 4 is 22.6 Å². The highest BCUT2D eigenvalue weighted by atomic mass is 35.5. The summed E-state index contributed by atoms with van der Waals surface area (Å²) in [7, 11) is 0. The van der Waals surface area contributed by atoms with E-state index in [1.165, 1.54) is 24.5 Å². The molecule has 1 saturated heterocycles. The lowest BCUT2D eigenvalue weighted by Gasteiger charge is -2.39. The van der Waals surface area contributed by atoms with Gasteiger partial charge in [-0.05, 0) is 29.8 Å². The molecule has 0 radical (unpaired) electrons. The summed E-state index contributed by atoms with van der Waals surface area (Å²) in [6.07, 6.45) is -5.66. The minimum Gasteiger partial charge on any atom is -0.463 e. The first-order valence-electron chi connectivity index (χ1n) is 9.17. The van der Waals surface area contributed by atoms with E-state index in [0.717, 1.165) is 0 Å². The van der Waals surface area contributed by atoms with Crippen molar-refractivity contribution < 1.29 is 34.3 Å². The van der Waals surface area contributed by atoms with Crippen LogP contribution in [0.3, 0.4) is 0 Å². The lowest BCUT2D eigenvalue weighted by molar-refractivity contribution is -0.277. The van der Waals surface area contributed by atoms with Gasteiger partial charge in [-0.2, -0.15) is 0 Å². The molecule has 5 atom stereocenters. The molecule has 158 valence electrons. The fourth-order valence-corrected chi connectivity index (χ4v) is 3.44. The van der Waals surface area contributed by atoms with Crippen LogP contribution in [0.2, 0.25) is 5.02 Å². The van der Waals surface area contributed by atoms with Crippen LogP contribution in [0.1, 0.15) is 0 Å². The van der Waals surface area contributed by atoms with E-state index in [4.69, 9.17) is 25.5 Å². The van der Waals surface area contributed by atoms with E-state index in [-0.39, 0.29) is 16.8 Å². The third kappa shape index (κ3) is 3.81. The molecule has 1 aliphatic rings. The molecule has 0 spiro atoms. The van der Waals surface area contributed by atoms with Gasteiger partial charge in [-0.25, -0.2) is 0 Å². The quantitative estimate of drug-likeness (QED) is 0.483. The molecule has 0 bridgehead atoms. The molecule has 2 aromatic carbocycles. The molecule has 3 aromatic rings. The van der Waals surface area contributed by atoms with Gasteiger partial charge in [0.2, 0.25) is 6.29 Å². The standard InChI is InChI=1S/C21H19ClO8/c22-11-3-1-10(2-4-11)14-9-28-15-7-12(5-6-13(15)17(14)24)29-21-20(27)19(26)18(25)16(8-23)30-21/h1-7,9,16,18-21,23,25-27H,8H2/t16-,18-,19+,20-,21+/m1/s1. The third-order valence-electron chi connectivity index (χ3n) is 5.00. The second-order valence-electron chi connectivity index (χ2n) is 6.96. The summed E-state index contributed by atoms with van der Waals surface area (Å²) in [6.45, 7) is -0.565. The van der Waals surface area contributed by atoms with Gasteiger partial charge in [0, 0.05) is 11.1 Å². The Hall–Kier alpha value is -2.46. The van der Waals surface area contributed by atoms with Crippen LogP contribution >= 0.6 is 11.6 Å². The lowest BCUT2D eigenvalue weighted by atomic mass is 9.99. The number of rotatable bonds is 4. The summed E-state index contributed by atoms with van der Waals surface area (Å²) in [5.74, 6) is 0.203. The van der Waals surface area contributed by atoms with Crippen molar-refractivity contribution in [3.8, 4) is 16.9 Å². The number of aliphatic hydroxyl groups is 4. The maximum absolute atomic E-state index is 12.8. The monoisotopic (exact) mass is 434 g/mol. The zero-order valence-corrected chi connectivity index (χ0v) is 16.3. The molecule has 4 N–H and O–H groups in total. The predicted molar refractivity (Wildman–Crippen MR) is 107 cm³/mol. The van der Waals surface area contributed by atoms with Gasteiger partial charge in [0.15, 0.2) is 5.43 Å². The Kier molecular flexibility index (Phi) is 5.79. The topological polar surface area (TPSA) is 130 Å². The van der Waals surface area contributed by atoms with Gasteiger partial charge in [0.25, 0.3) is 0 Å². The first-order chi connectivity index (χ1) is 14.4. The molecular weight excluding hydrogens is 416 g/mol. The zero-order chi connectivity index (χ0) is 21.4. The second-order valence-corrected chi connectivity index (χ2v) is 7.39. The molecule has 0 amide bonds. The van der Waals surface area contributed by atoms with Crippen molar-refractivity contribution in [1.82, 2.24) is 0 Å². The van der Waals surface area contributed by atoms with Gasteiger partial charge in [0.1, 0.15) is 42.0 Å². The van der Waals surface area contributed by atoms with Gasteiger partial charge >= 0.3 is 0 Å². The fourth-order valence-electron chi connectivity index (χ4n) is 3.31. The van der Waals surface area contributed by atoms with Gasteiger partial charge in [0.05, 0.1) is 17.6 Å². The highest BCUT2D eigenvalue weighted by molar-refractivity contribution is 6.30. The van der Waals surface area contributed by atoms with Gasteiger partial charge in [-0.1, -0.05) is 23.7 Å². The first-order valence-corrected chi connectivity index (χ1v) is 9.55. The smallest absolute Gasteiger partial charge is 0.229 e.